The Balaban J connectivity index is 2.34. The van der Waals surface area contributed by atoms with Crippen molar-refractivity contribution < 1.29 is 14.3 Å². The van der Waals surface area contributed by atoms with Crippen LogP contribution in [0.15, 0.2) is 29.2 Å². The zero-order valence-electron chi connectivity index (χ0n) is 10.8. The second kappa shape index (κ2) is 7.93. The lowest BCUT2D eigenvalue weighted by atomic mass is 10.2. The minimum atomic E-state index is -0.191. The molecule has 1 rings (SSSR count). The number of hydrogen-bond acceptors (Lipinski definition) is 4. The van der Waals surface area contributed by atoms with Crippen LogP contribution in [0, 0.1) is 0 Å². The summed E-state index contributed by atoms with van der Waals surface area (Å²) in [5, 5.41) is 0. The molecular weight excluding hydrogens is 248 g/mol. The zero-order chi connectivity index (χ0) is 13.4. The van der Waals surface area contributed by atoms with Crippen molar-refractivity contribution in [2.45, 2.75) is 31.6 Å². The number of carbonyl (C=O) groups is 2. The summed E-state index contributed by atoms with van der Waals surface area (Å²) in [6, 6.07) is 7.24. The highest BCUT2D eigenvalue weighted by Crippen LogP contribution is 2.18. The summed E-state index contributed by atoms with van der Waals surface area (Å²) in [5.74, 6) is 0.165. The molecule has 1 aromatic carbocycles. The van der Waals surface area contributed by atoms with E-state index in [1.807, 2.05) is 12.1 Å². The van der Waals surface area contributed by atoms with Gasteiger partial charge in [-0.05, 0) is 25.5 Å². The summed E-state index contributed by atoms with van der Waals surface area (Å²) in [6.45, 7) is 4.09. The maximum absolute atomic E-state index is 11.4. The van der Waals surface area contributed by atoms with Gasteiger partial charge in [0.05, 0.1) is 12.4 Å². The Hall–Kier alpha value is -1.29. The van der Waals surface area contributed by atoms with Crippen LogP contribution in [0.25, 0.3) is 0 Å². The van der Waals surface area contributed by atoms with Gasteiger partial charge in [0.15, 0.2) is 5.78 Å². The van der Waals surface area contributed by atoms with Crippen molar-refractivity contribution >= 4 is 23.5 Å². The first kappa shape index (κ1) is 14.8. The minimum Gasteiger partial charge on any atom is -0.465 e. The van der Waals surface area contributed by atoms with E-state index >= 15 is 0 Å². The Morgan fingerprint density at radius 3 is 2.44 bits per heavy atom. The summed E-state index contributed by atoms with van der Waals surface area (Å²) in [5.41, 5.74) is 0.685. The molecule has 0 radical (unpaired) electrons. The zero-order valence-corrected chi connectivity index (χ0v) is 11.6. The average Bonchev–Trinajstić information content (AvgIpc) is 2.37. The third-order valence-corrected chi connectivity index (χ3v) is 3.36. The highest BCUT2D eigenvalue weighted by atomic mass is 32.2. The molecule has 1 aromatic rings. The molecule has 4 heteroatoms. The number of thioether (sulfide) groups is 1. The fourth-order valence-corrected chi connectivity index (χ4v) is 2.00. The third kappa shape index (κ3) is 5.36. The van der Waals surface area contributed by atoms with E-state index in [1.165, 1.54) is 18.7 Å². The number of ketones is 1. The average molecular weight is 266 g/mol. The second-order valence-electron chi connectivity index (χ2n) is 3.94. The first-order valence-electron chi connectivity index (χ1n) is 6.03. The smallest absolute Gasteiger partial charge is 0.316 e. The van der Waals surface area contributed by atoms with E-state index in [0.717, 1.165) is 17.7 Å². The van der Waals surface area contributed by atoms with Crippen LogP contribution >= 0.6 is 11.8 Å². The molecule has 0 aliphatic carbocycles. The Kier molecular flexibility index (Phi) is 6.50. The van der Waals surface area contributed by atoms with E-state index < -0.39 is 0 Å². The maximum atomic E-state index is 11.4. The molecule has 0 amide bonds. The summed E-state index contributed by atoms with van der Waals surface area (Å²) in [6.07, 6.45) is 1.93. The molecule has 0 unspecified atom stereocenters. The lowest BCUT2D eigenvalue weighted by Gasteiger charge is -2.04. The van der Waals surface area contributed by atoms with Crippen molar-refractivity contribution in [1.29, 1.82) is 0 Å². The molecule has 0 aromatic heterocycles. The summed E-state index contributed by atoms with van der Waals surface area (Å²) >= 11 is 1.42. The largest absolute Gasteiger partial charge is 0.465 e. The number of ether oxygens (including phenoxy) is 1. The van der Waals surface area contributed by atoms with Crippen molar-refractivity contribution in [3.8, 4) is 0 Å². The van der Waals surface area contributed by atoms with E-state index in [4.69, 9.17) is 4.74 Å². The molecule has 0 heterocycles. The molecule has 3 nitrogen and oxygen atoms in total. The van der Waals surface area contributed by atoms with E-state index in [1.54, 1.807) is 12.1 Å². The van der Waals surface area contributed by atoms with Gasteiger partial charge in [-0.3, -0.25) is 9.59 Å². The number of unbranched alkanes of at least 4 members (excludes halogenated alkanes) is 1. The molecular formula is C14H18O3S. The molecule has 18 heavy (non-hydrogen) atoms. The van der Waals surface area contributed by atoms with Crippen LogP contribution in [0.3, 0.4) is 0 Å². The van der Waals surface area contributed by atoms with E-state index in [-0.39, 0.29) is 11.8 Å². The maximum Gasteiger partial charge on any atom is 0.316 e. The molecule has 0 aliphatic rings. The molecule has 0 bridgehead atoms. The van der Waals surface area contributed by atoms with Gasteiger partial charge in [-0.25, -0.2) is 0 Å². The fourth-order valence-electron chi connectivity index (χ4n) is 1.30. The number of esters is 1. The molecule has 0 N–H and O–H groups in total. The second-order valence-corrected chi connectivity index (χ2v) is 4.99. The Morgan fingerprint density at radius 2 is 1.89 bits per heavy atom. The van der Waals surface area contributed by atoms with E-state index in [9.17, 15) is 9.59 Å². The first-order chi connectivity index (χ1) is 8.63. The fraction of sp³-hybridized carbons (Fsp3) is 0.429. The van der Waals surface area contributed by atoms with Crippen molar-refractivity contribution in [3.63, 3.8) is 0 Å². The number of carbonyl (C=O) groups excluding carboxylic acids is 2. The van der Waals surface area contributed by atoms with Gasteiger partial charge in [-0.1, -0.05) is 25.5 Å². The molecule has 98 valence electrons. The third-order valence-electron chi connectivity index (χ3n) is 2.38. The monoisotopic (exact) mass is 266 g/mol. The number of rotatable bonds is 7. The number of Topliss-reactive ketones (excluding diaryl/α,β-unsaturated/α-hetero) is 1. The van der Waals surface area contributed by atoms with Crippen LogP contribution in [0.5, 0.6) is 0 Å². The lowest BCUT2D eigenvalue weighted by molar-refractivity contribution is -0.140. The standard InChI is InChI=1S/C14H18O3S/c1-3-4-9-17-14(16)10-18-13-7-5-12(6-8-13)11(2)15/h5-8H,3-4,9-10H2,1-2H3. The molecule has 0 aliphatic heterocycles. The molecule has 0 saturated heterocycles. The molecule has 0 fully saturated rings. The van der Waals surface area contributed by atoms with Crippen molar-refractivity contribution in [3.05, 3.63) is 29.8 Å². The highest BCUT2D eigenvalue weighted by molar-refractivity contribution is 8.00. The van der Waals surface area contributed by atoms with Gasteiger partial charge < -0.3 is 4.74 Å². The Morgan fingerprint density at radius 1 is 1.22 bits per heavy atom. The normalized spacial score (nSPS) is 10.1. The van der Waals surface area contributed by atoms with Crippen LogP contribution in [0.2, 0.25) is 0 Å². The number of benzene rings is 1. The summed E-state index contributed by atoms with van der Waals surface area (Å²) in [4.78, 5) is 23.4. The van der Waals surface area contributed by atoms with Gasteiger partial charge in [-0.2, -0.15) is 0 Å². The number of hydrogen-bond donors (Lipinski definition) is 0. The lowest BCUT2D eigenvalue weighted by Crippen LogP contribution is -2.08. The quantitative estimate of drug-likeness (QED) is 0.328. The van der Waals surface area contributed by atoms with Gasteiger partial charge in [0.1, 0.15) is 0 Å². The molecule has 0 spiro atoms. The topological polar surface area (TPSA) is 43.4 Å². The van der Waals surface area contributed by atoms with Gasteiger partial charge in [0.25, 0.3) is 0 Å². The summed E-state index contributed by atoms with van der Waals surface area (Å²) in [7, 11) is 0. The Labute approximate surface area is 112 Å². The van der Waals surface area contributed by atoms with Crippen LogP contribution in [-0.4, -0.2) is 24.1 Å². The van der Waals surface area contributed by atoms with Crippen molar-refractivity contribution in [2.24, 2.45) is 0 Å². The van der Waals surface area contributed by atoms with Gasteiger partial charge >= 0.3 is 5.97 Å². The van der Waals surface area contributed by atoms with Gasteiger partial charge in [0.2, 0.25) is 0 Å². The first-order valence-corrected chi connectivity index (χ1v) is 7.01. The molecule has 0 saturated carbocycles. The predicted octanol–water partition coefficient (Wildman–Crippen LogP) is 3.32. The summed E-state index contributed by atoms with van der Waals surface area (Å²) < 4.78 is 5.05. The van der Waals surface area contributed by atoms with Gasteiger partial charge in [0, 0.05) is 10.5 Å². The highest BCUT2D eigenvalue weighted by Gasteiger charge is 2.04. The van der Waals surface area contributed by atoms with Crippen LogP contribution in [0.4, 0.5) is 0 Å². The predicted molar refractivity (Wildman–Crippen MR) is 73.0 cm³/mol. The van der Waals surface area contributed by atoms with Crippen LogP contribution in [-0.2, 0) is 9.53 Å². The SMILES string of the molecule is CCCCOC(=O)CSc1ccc(C(C)=O)cc1. The minimum absolute atomic E-state index is 0.0468. The van der Waals surface area contributed by atoms with E-state index in [2.05, 4.69) is 6.92 Å². The van der Waals surface area contributed by atoms with Crippen molar-refractivity contribution in [2.75, 3.05) is 12.4 Å². The van der Waals surface area contributed by atoms with Crippen LogP contribution in [0.1, 0.15) is 37.0 Å². The van der Waals surface area contributed by atoms with Gasteiger partial charge in [-0.15, -0.1) is 11.8 Å². The van der Waals surface area contributed by atoms with E-state index in [0.29, 0.717) is 17.9 Å². The Bertz CT molecular complexity index is 398. The molecule has 0 atom stereocenters. The van der Waals surface area contributed by atoms with Crippen molar-refractivity contribution in [1.82, 2.24) is 0 Å². The van der Waals surface area contributed by atoms with Crippen LogP contribution < -0.4 is 0 Å².